The van der Waals surface area contributed by atoms with Crippen LogP contribution in [0.5, 0.6) is 0 Å². The van der Waals surface area contributed by atoms with Gasteiger partial charge in [0.15, 0.2) is 0 Å². The molecule has 3 nitrogen and oxygen atoms in total. The quantitative estimate of drug-likeness (QED) is 0.379. The van der Waals surface area contributed by atoms with Gasteiger partial charge in [-0.3, -0.25) is 9.59 Å². The monoisotopic (exact) mass is 256 g/mol. The van der Waals surface area contributed by atoms with Crippen LogP contribution in [0.3, 0.4) is 0 Å². The Morgan fingerprint density at radius 2 is 1.26 bits per heavy atom. The van der Waals surface area contributed by atoms with Gasteiger partial charge in [-0.05, 0) is 49.4 Å². The SMILES string of the molecule is O=C1OC(=O)[C@H]2[C@@H]3C=C[C@H]([C@@H]12)[C@@H]1C2=C(CCCC2)[C@@H]31. The topological polar surface area (TPSA) is 43.4 Å². The molecule has 6 aliphatic rings. The van der Waals surface area contributed by atoms with Crippen molar-refractivity contribution >= 4 is 11.9 Å². The Bertz CT molecular complexity index is 523. The molecule has 0 aromatic rings. The normalized spacial score (nSPS) is 49.5. The lowest BCUT2D eigenvalue weighted by molar-refractivity contribution is -0.154. The minimum atomic E-state index is -0.266. The maximum atomic E-state index is 12.0. The van der Waals surface area contributed by atoms with Crippen molar-refractivity contribution in [3.8, 4) is 0 Å². The summed E-state index contributed by atoms with van der Waals surface area (Å²) in [7, 11) is 0. The molecule has 1 saturated heterocycles. The average molecular weight is 256 g/mol. The van der Waals surface area contributed by atoms with Crippen molar-refractivity contribution in [3.05, 3.63) is 23.3 Å². The molecule has 3 heteroatoms. The minimum absolute atomic E-state index is 0.181. The summed E-state index contributed by atoms with van der Waals surface area (Å²) >= 11 is 0. The highest BCUT2D eigenvalue weighted by atomic mass is 16.6. The third kappa shape index (κ3) is 1.03. The van der Waals surface area contributed by atoms with Crippen LogP contribution in [-0.4, -0.2) is 11.9 Å². The predicted octanol–water partition coefficient (Wildman–Crippen LogP) is 2.23. The van der Waals surface area contributed by atoms with Gasteiger partial charge in [0.25, 0.3) is 0 Å². The smallest absolute Gasteiger partial charge is 0.318 e. The molecule has 5 aliphatic carbocycles. The maximum Gasteiger partial charge on any atom is 0.318 e. The van der Waals surface area contributed by atoms with E-state index in [1.807, 2.05) is 0 Å². The Hall–Kier alpha value is -1.38. The molecule has 0 unspecified atom stereocenters. The van der Waals surface area contributed by atoms with Gasteiger partial charge < -0.3 is 4.74 Å². The molecular weight excluding hydrogens is 240 g/mol. The largest absolute Gasteiger partial charge is 0.393 e. The molecule has 1 heterocycles. The van der Waals surface area contributed by atoms with Crippen LogP contribution in [0.2, 0.25) is 0 Å². The van der Waals surface area contributed by atoms with Crippen LogP contribution in [0.4, 0.5) is 0 Å². The number of carbonyl (C=O) groups is 2. The van der Waals surface area contributed by atoms with Crippen LogP contribution in [0.15, 0.2) is 23.3 Å². The first-order valence-corrected chi connectivity index (χ1v) is 7.43. The summed E-state index contributed by atoms with van der Waals surface area (Å²) in [6, 6.07) is 0. The zero-order valence-corrected chi connectivity index (χ0v) is 10.7. The maximum absolute atomic E-state index is 12.0. The van der Waals surface area contributed by atoms with Crippen molar-refractivity contribution in [2.45, 2.75) is 25.7 Å². The van der Waals surface area contributed by atoms with Crippen LogP contribution in [-0.2, 0) is 14.3 Å². The molecular formula is C16H16O3. The van der Waals surface area contributed by atoms with Gasteiger partial charge in [-0.15, -0.1) is 0 Å². The molecule has 2 fully saturated rings. The molecule has 6 rings (SSSR count). The summed E-state index contributed by atoms with van der Waals surface area (Å²) in [4.78, 5) is 23.9. The van der Waals surface area contributed by atoms with Crippen LogP contribution in [0, 0.1) is 35.5 Å². The Kier molecular flexibility index (Phi) is 1.75. The summed E-state index contributed by atoms with van der Waals surface area (Å²) in [5.41, 5.74) is 3.25. The first-order chi connectivity index (χ1) is 9.27. The lowest BCUT2D eigenvalue weighted by Gasteiger charge is -2.58. The first kappa shape index (κ1) is 10.4. The van der Waals surface area contributed by atoms with Gasteiger partial charge in [0.1, 0.15) is 0 Å². The summed E-state index contributed by atoms with van der Waals surface area (Å²) < 4.78 is 4.93. The minimum Gasteiger partial charge on any atom is -0.393 e. The van der Waals surface area contributed by atoms with E-state index in [0.29, 0.717) is 11.8 Å². The number of hydrogen-bond acceptors (Lipinski definition) is 3. The number of allylic oxidation sites excluding steroid dienone is 4. The molecule has 0 N–H and O–H groups in total. The lowest BCUT2D eigenvalue weighted by atomic mass is 9.44. The molecule has 0 spiro atoms. The Morgan fingerprint density at radius 3 is 1.74 bits per heavy atom. The lowest BCUT2D eigenvalue weighted by Crippen LogP contribution is -2.55. The van der Waals surface area contributed by atoms with Gasteiger partial charge in [-0.1, -0.05) is 23.3 Å². The van der Waals surface area contributed by atoms with Crippen LogP contribution in [0.25, 0.3) is 0 Å². The summed E-state index contributed by atoms with van der Waals surface area (Å²) in [5, 5.41) is 0. The van der Waals surface area contributed by atoms with Gasteiger partial charge >= 0.3 is 11.9 Å². The predicted molar refractivity (Wildman–Crippen MR) is 66.7 cm³/mol. The van der Waals surface area contributed by atoms with E-state index >= 15 is 0 Å². The van der Waals surface area contributed by atoms with E-state index in [2.05, 4.69) is 12.2 Å². The number of carbonyl (C=O) groups excluding carboxylic acids is 2. The van der Waals surface area contributed by atoms with Gasteiger partial charge in [0, 0.05) is 0 Å². The van der Waals surface area contributed by atoms with Crippen LogP contribution in [0.1, 0.15) is 25.7 Å². The molecule has 0 aromatic heterocycles. The summed E-state index contributed by atoms with van der Waals surface area (Å²) in [6.45, 7) is 0. The van der Waals surface area contributed by atoms with Gasteiger partial charge in [-0.2, -0.15) is 0 Å². The molecule has 1 saturated carbocycles. The Balaban J connectivity index is 1.64. The second-order valence-electron chi connectivity index (χ2n) is 6.64. The van der Waals surface area contributed by atoms with Crippen molar-refractivity contribution in [2.24, 2.45) is 35.5 Å². The van der Waals surface area contributed by atoms with Crippen molar-refractivity contribution < 1.29 is 14.3 Å². The van der Waals surface area contributed by atoms with Crippen molar-refractivity contribution in [1.29, 1.82) is 0 Å². The van der Waals surface area contributed by atoms with Crippen molar-refractivity contribution in [1.82, 2.24) is 0 Å². The zero-order chi connectivity index (χ0) is 12.7. The van der Waals surface area contributed by atoms with E-state index in [1.54, 1.807) is 11.1 Å². The zero-order valence-electron chi connectivity index (χ0n) is 10.7. The molecule has 98 valence electrons. The fourth-order valence-electron chi connectivity index (χ4n) is 5.50. The molecule has 0 aromatic carbocycles. The van der Waals surface area contributed by atoms with E-state index in [1.165, 1.54) is 25.7 Å². The van der Waals surface area contributed by atoms with Gasteiger partial charge in [-0.25, -0.2) is 0 Å². The fourth-order valence-corrected chi connectivity index (χ4v) is 5.50. The van der Waals surface area contributed by atoms with Gasteiger partial charge in [0.05, 0.1) is 11.8 Å². The van der Waals surface area contributed by atoms with Gasteiger partial charge in [0.2, 0.25) is 0 Å². The summed E-state index contributed by atoms with van der Waals surface area (Å²) in [6.07, 6.45) is 9.42. The van der Waals surface area contributed by atoms with Crippen molar-refractivity contribution in [2.75, 3.05) is 0 Å². The third-order valence-corrected chi connectivity index (χ3v) is 6.09. The number of ether oxygens (including phenoxy) is 1. The van der Waals surface area contributed by atoms with Crippen molar-refractivity contribution in [3.63, 3.8) is 0 Å². The summed E-state index contributed by atoms with van der Waals surface area (Å²) in [5.74, 6) is 0.663. The second-order valence-corrected chi connectivity index (χ2v) is 6.64. The molecule has 6 atom stereocenters. The van der Waals surface area contributed by atoms with E-state index < -0.39 is 0 Å². The van der Waals surface area contributed by atoms with E-state index in [4.69, 9.17) is 4.74 Å². The van der Waals surface area contributed by atoms with E-state index in [9.17, 15) is 9.59 Å². The fraction of sp³-hybridized carbons (Fsp3) is 0.625. The highest BCUT2D eigenvalue weighted by Gasteiger charge is 2.65. The Labute approximate surface area is 111 Å². The molecule has 0 amide bonds. The number of cyclic esters (lactones) is 2. The molecule has 2 bridgehead atoms. The van der Waals surface area contributed by atoms with E-state index in [-0.39, 0.29) is 35.6 Å². The average Bonchev–Trinajstić information content (AvgIpc) is 2.72. The highest BCUT2D eigenvalue weighted by Crippen LogP contribution is 2.65. The molecule has 0 radical (unpaired) electrons. The third-order valence-electron chi connectivity index (χ3n) is 6.09. The number of rotatable bonds is 0. The Morgan fingerprint density at radius 1 is 0.789 bits per heavy atom. The van der Waals surface area contributed by atoms with Crippen LogP contribution >= 0.6 is 0 Å². The second kappa shape index (κ2) is 3.20. The molecule has 1 aliphatic heterocycles. The molecule has 19 heavy (non-hydrogen) atoms. The number of hydrogen-bond donors (Lipinski definition) is 0. The van der Waals surface area contributed by atoms with E-state index in [0.717, 1.165) is 0 Å². The standard InChI is InChI=1S/C16H16O3/c17-15-13-9-5-6-10(14(13)16(18)19-15)12-8-4-2-1-3-7(8)11(9)12/h5-6,9-14H,1-4H2/t9-,10+,11-,12-,13+,14-/m0/s1. The van der Waals surface area contributed by atoms with Crippen LogP contribution < -0.4 is 0 Å². The number of esters is 2. The highest BCUT2D eigenvalue weighted by molar-refractivity contribution is 5.98. The first-order valence-electron chi connectivity index (χ1n) is 7.43.